The van der Waals surface area contributed by atoms with Gasteiger partial charge in [-0.25, -0.2) is 19.9 Å². The fraction of sp³-hybridized carbons (Fsp3) is 0.0750. The molecule has 4 nitrogen and oxygen atoms in total. The summed E-state index contributed by atoms with van der Waals surface area (Å²) in [6.07, 6.45) is 0. The average Bonchev–Trinajstić information content (AvgIpc) is 1.76. The summed E-state index contributed by atoms with van der Waals surface area (Å²) < 4.78 is 0. The van der Waals surface area contributed by atoms with Crippen molar-refractivity contribution in [2.24, 2.45) is 0 Å². The Kier molecular flexibility index (Phi) is 11.2. The van der Waals surface area contributed by atoms with Crippen LogP contribution in [0.25, 0.3) is 144 Å². The lowest BCUT2D eigenvalue weighted by Gasteiger charge is -2.22. The summed E-state index contributed by atoms with van der Waals surface area (Å²) in [5, 5.41) is 12.2. The van der Waals surface area contributed by atoms with Crippen LogP contribution in [0.3, 0.4) is 0 Å². The van der Waals surface area contributed by atoms with Crippen molar-refractivity contribution in [3.63, 3.8) is 0 Å². The minimum atomic E-state index is -0.116. The van der Waals surface area contributed by atoms with Crippen molar-refractivity contribution < 1.29 is 0 Å². The zero-order valence-corrected chi connectivity index (χ0v) is 47.2. The first-order valence-electron chi connectivity index (χ1n) is 29.1. The Morgan fingerprint density at radius 2 is 0.643 bits per heavy atom. The summed E-state index contributed by atoms with van der Waals surface area (Å²) in [5.41, 5.74) is 21.0. The fourth-order valence-electron chi connectivity index (χ4n) is 13.6. The molecule has 0 saturated heterocycles. The van der Waals surface area contributed by atoms with Crippen molar-refractivity contribution in [2.75, 3.05) is 0 Å². The maximum atomic E-state index is 5.24. The quantitative estimate of drug-likeness (QED) is 0.161. The van der Waals surface area contributed by atoms with E-state index in [0.29, 0.717) is 0 Å². The molecule has 0 fully saturated rings. The average molecular weight is 1070 g/mol. The maximum Gasteiger partial charge on any atom is 0.160 e. The summed E-state index contributed by atoms with van der Waals surface area (Å²) >= 11 is 0. The smallest absolute Gasteiger partial charge is 0.160 e. The number of fused-ring (bicyclic) bond motifs is 13. The van der Waals surface area contributed by atoms with Gasteiger partial charge in [-0.15, -0.1) is 0 Å². The van der Waals surface area contributed by atoms with Gasteiger partial charge in [0, 0.05) is 43.9 Å². The molecule has 15 aromatic rings. The van der Waals surface area contributed by atoms with E-state index in [1.165, 1.54) is 98.7 Å². The van der Waals surface area contributed by atoms with Crippen molar-refractivity contribution in [2.45, 2.75) is 38.5 Å². The van der Waals surface area contributed by atoms with E-state index in [2.05, 4.69) is 295 Å². The van der Waals surface area contributed by atoms with Gasteiger partial charge in [-0.3, -0.25) is 0 Å². The molecule has 2 heterocycles. The van der Waals surface area contributed by atoms with E-state index in [4.69, 9.17) is 19.9 Å². The summed E-state index contributed by atoms with van der Waals surface area (Å²) in [6, 6.07) is 95.9. The molecular formula is C80H56N4. The highest BCUT2D eigenvalue weighted by Gasteiger charge is 2.37. The lowest BCUT2D eigenvalue weighted by molar-refractivity contribution is 0.660. The monoisotopic (exact) mass is 1070 g/mol. The molecule has 0 bridgehead atoms. The van der Waals surface area contributed by atoms with Crippen molar-refractivity contribution >= 4 is 64.9 Å². The van der Waals surface area contributed by atoms with Crippen LogP contribution in [0.4, 0.5) is 0 Å². The largest absolute Gasteiger partial charge is 0.228 e. The van der Waals surface area contributed by atoms with Gasteiger partial charge in [-0.05, 0) is 147 Å². The zero-order chi connectivity index (χ0) is 56.3. The van der Waals surface area contributed by atoms with Crippen LogP contribution in [0.5, 0.6) is 0 Å². The van der Waals surface area contributed by atoms with Gasteiger partial charge < -0.3 is 0 Å². The molecule has 2 aromatic heterocycles. The van der Waals surface area contributed by atoms with E-state index in [9.17, 15) is 0 Å². The standard InChI is InChI=1S/C43H30N2.C37H26N2/c1-43(2)38-26-34(21-22-35(38)37-24-31-11-5-6-12-32(31)25-39(37)43)41-36-13-7-8-14-40(36)44-42(45-41)29-18-15-28(16-19-29)33-20-17-27-9-3-4-10-30(27)23-33;1-37(2)32-13-7-5-11-29(32)30-20-18-26(22-33(30)37)36-38-34-14-8-6-12-31(34)35(39-36)25-17-19-28-24(21-25)16-15-23-9-3-4-10-27(23)28/h3-26H,1-2H3;3-22H,1-2H3. The summed E-state index contributed by atoms with van der Waals surface area (Å²) in [5.74, 6) is 1.50. The number of aromatic nitrogens is 4. The van der Waals surface area contributed by atoms with E-state index < -0.39 is 0 Å². The Labute approximate surface area is 488 Å². The van der Waals surface area contributed by atoms with Gasteiger partial charge in [-0.2, -0.15) is 0 Å². The fourth-order valence-corrected chi connectivity index (χ4v) is 13.6. The molecule has 84 heavy (non-hydrogen) atoms. The highest BCUT2D eigenvalue weighted by atomic mass is 14.9. The first-order chi connectivity index (χ1) is 41.1. The molecule has 2 aliphatic rings. The first-order valence-corrected chi connectivity index (χ1v) is 29.1. The van der Waals surface area contributed by atoms with Crippen LogP contribution in [-0.2, 0) is 10.8 Å². The van der Waals surface area contributed by atoms with Gasteiger partial charge in [0.15, 0.2) is 11.6 Å². The molecule has 0 atom stereocenters. The number of rotatable bonds is 5. The predicted octanol–water partition coefficient (Wildman–Crippen LogP) is 20.8. The van der Waals surface area contributed by atoms with Gasteiger partial charge in [0.2, 0.25) is 0 Å². The molecule has 0 N–H and O–H groups in total. The lowest BCUT2D eigenvalue weighted by Crippen LogP contribution is -2.15. The van der Waals surface area contributed by atoms with Crippen molar-refractivity contribution in [3.8, 4) is 78.7 Å². The summed E-state index contributed by atoms with van der Waals surface area (Å²) in [7, 11) is 0. The molecule has 4 heteroatoms. The predicted molar refractivity (Wildman–Crippen MR) is 351 cm³/mol. The Morgan fingerprint density at radius 1 is 0.226 bits per heavy atom. The third-order valence-corrected chi connectivity index (χ3v) is 18.1. The molecule has 0 amide bonds. The molecule has 0 radical (unpaired) electrons. The number of nitrogens with zero attached hydrogens (tertiary/aromatic N) is 4. The van der Waals surface area contributed by atoms with Crippen LogP contribution in [0.1, 0.15) is 49.9 Å². The van der Waals surface area contributed by atoms with Crippen LogP contribution in [0.2, 0.25) is 0 Å². The topological polar surface area (TPSA) is 51.6 Å². The van der Waals surface area contributed by atoms with Gasteiger partial charge in [0.1, 0.15) is 0 Å². The van der Waals surface area contributed by atoms with Gasteiger partial charge in [0.05, 0.1) is 22.4 Å². The van der Waals surface area contributed by atoms with Gasteiger partial charge in [0.25, 0.3) is 0 Å². The molecule has 13 aromatic carbocycles. The van der Waals surface area contributed by atoms with Crippen LogP contribution < -0.4 is 0 Å². The molecule has 17 rings (SSSR count). The molecule has 2 aliphatic carbocycles. The first kappa shape index (κ1) is 49.4. The molecule has 0 spiro atoms. The van der Waals surface area contributed by atoms with Crippen molar-refractivity contribution in [1.82, 2.24) is 19.9 Å². The lowest BCUT2D eigenvalue weighted by atomic mass is 9.81. The summed E-state index contributed by atoms with van der Waals surface area (Å²) in [4.78, 5) is 20.5. The van der Waals surface area contributed by atoms with E-state index in [0.717, 1.165) is 67.1 Å². The van der Waals surface area contributed by atoms with E-state index in [-0.39, 0.29) is 10.8 Å². The van der Waals surface area contributed by atoms with Gasteiger partial charge in [-0.1, -0.05) is 246 Å². The van der Waals surface area contributed by atoms with Crippen LogP contribution >= 0.6 is 0 Å². The molecular weight excluding hydrogens is 1020 g/mol. The summed E-state index contributed by atoms with van der Waals surface area (Å²) in [6.45, 7) is 9.31. The minimum Gasteiger partial charge on any atom is -0.228 e. The molecule has 396 valence electrons. The Balaban J connectivity index is 0.000000139. The van der Waals surface area contributed by atoms with Crippen molar-refractivity contribution in [3.05, 3.63) is 289 Å². The Morgan fingerprint density at radius 3 is 1.36 bits per heavy atom. The Hall–Kier alpha value is -10.4. The second-order valence-electron chi connectivity index (χ2n) is 23.7. The number of hydrogen-bond acceptors (Lipinski definition) is 4. The van der Waals surface area contributed by atoms with Gasteiger partial charge >= 0.3 is 0 Å². The van der Waals surface area contributed by atoms with Crippen molar-refractivity contribution in [1.29, 1.82) is 0 Å². The number of para-hydroxylation sites is 2. The van der Waals surface area contributed by atoms with E-state index in [1.807, 2.05) is 0 Å². The minimum absolute atomic E-state index is 0.0667. The Bertz CT molecular complexity index is 5210. The zero-order valence-electron chi connectivity index (χ0n) is 47.2. The number of hydrogen-bond donors (Lipinski definition) is 0. The van der Waals surface area contributed by atoms with Crippen LogP contribution in [-0.4, -0.2) is 19.9 Å². The number of benzene rings is 13. The normalized spacial score (nSPS) is 13.4. The SMILES string of the molecule is CC1(C)c2cc(-c3nc(-c4ccc(-c5ccc6ccccc6c5)cc4)nc4ccccc34)ccc2-c2cc3ccccc3cc21.CC1(C)c2ccccc2-c2ccc(-c3nc(-c4ccc5c(ccc6ccccc65)c4)c4ccccc4n3)cc21. The van der Waals surface area contributed by atoms with E-state index >= 15 is 0 Å². The highest BCUT2D eigenvalue weighted by Crippen LogP contribution is 2.52. The highest BCUT2D eigenvalue weighted by molar-refractivity contribution is 6.09. The molecule has 0 saturated carbocycles. The maximum absolute atomic E-state index is 5.24. The van der Waals surface area contributed by atoms with Crippen LogP contribution in [0, 0.1) is 0 Å². The van der Waals surface area contributed by atoms with Crippen LogP contribution in [0.15, 0.2) is 267 Å². The third kappa shape index (κ3) is 8.04. The second kappa shape index (κ2) is 19.1. The third-order valence-electron chi connectivity index (χ3n) is 18.1. The molecule has 0 unspecified atom stereocenters. The van der Waals surface area contributed by atoms with E-state index in [1.54, 1.807) is 0 Å². The second-order valence-corrected chi connectivity index (χ2v) is 23.7. The molecule has 0 aliphatic heterocycles.